The lowest BCUT2D eigenvalue weighted by molar-refractivity contribution is -0.142. The van der Waals surface area contributed by atoms with Crippen LogP contribution in [0.15, 0.2) is 34.1 Å². The molecule has 26 heavy (non-hydrogen) atoms. The standard InChI is InChI=1S/C16H25N3O5S2/c1-3-18(4-2)26(23,24)15-9-7-14(8-10-15)25(17,22)19-11-5-6-13(12-19)16(20)21/h7-10,13,17H,3-6,11-12H2,1-2H3,(H,20,21)/t13-,25?/m1/s1. The molecule has 0 aromatic heterocycles. The van der Waals surface area contributed by atoms with E-state index in [-0.39, 0.29) is 16.3 Å². The highest BCUT2D eigenvalue weighted by molar-refractivity contribution is 7.90. The van der Waals surface area contributed by atoms with E-state index in [0.717, 1.165) is 0 Å². The van der Waals surface area contributed by atoms with E-state index in [1.165, 1.54) is 32.9 Å². The number of benzene rings is 1. The summed E-state index contributed by atoms with van der Waals surface area (Å²) in [6, 6.07) is 5.48. The molecule has 2 rings (SSSR count). The van der Waals surface area contributed by atoms with E-state index in [2.05, 4.69) is 0 Å². The van der Waals surface area contributed by atoms with Gasteiger partial charge in [0.2, 0.25) is 10.0 Å². The Labute approximate surface area is 155 Å². The van der Waals surface area contributed by atoms with E-state index in [1.807, 2.05) is 0 Å². The third-order valence-corrected chi connectivity index (χ3v) is 8.62. The van der Waals surface area contributed by atoms with Gasteiger partial charge in [-0.25, -0.2) is 21.7 Å². The first-order valence-electron chi connectivity index (χ1n) is 8.51. The predicted molar refractivity (Wildman–Crippen MR) is 97.6 cm³/mol. The average Bonchev–Trinajstić information content (AvgIpc) is 2.62. The van der Waals surface area contributed by atoms with Crippen molar-refractivity contribution in [1.82, 2.24) is 8.61 Å². The van der Waals surface area contributed by atoms with E-state index in [0.29, 0.717) is 32.5 Å². The van der Waals surface area contributed by atoms with E-state index >= 15 is 0 Å². The summed E-state index contributed by atoms with van der Waals surface area (Å²) in [6.07, 6.45) is 1.06. The molecule has 0 spiro atoms. The summed E-state index contributed by atoms with van der Waals surface area (Å²) >= 11 is 0. The number of rotatable bonds is 7. The van der Waals surface area contributed by atoms with Gasteiger partial charge in [-0.2, -0.15) is 4.31 Å². The van der Waals surface area contributed by atoms with Gasteiger partial charge in [-0.15, -0.1) is 0 Å². The van der Waals surface area contributed by atoms with Gasteiger partial charge >= 0.3 is 5.97 Å². The number of aliphatic carboxylic acids is 1. The molecule has 1 fully saturated rings. The Balaban J connectivity index is 2.28. The number of sulfonamides is 1. The lowest BCUT2D eigenvalue weighted by Gasteiger charge is -2.31. The second-order valence-corrected chi connectivity index (χ2v) is 10.1. The van der Waals surface area contributed by atoms with Crippen molar-refractivity contribution >= 4 is 25.9 Å². The number of carboxylic acids is 1. The normalized spacial score (nSPS) is 21.4. The van der Waals surface area contributed by atoms with E-state index < -0.39 is 31.8 Å². The summed E-state index contributed by atoms with van der Waals surface area (Å²) in [5, 5.41) is 9.16. The molecule has 1 heterocycles. The second-order valence-electron chi connectivity index (χ2n) is 6.15. The molecule has 10 heteroatoms. The van der Waals surface area contributed by atoms with Crippen molar-refractivity contribution in [1.29, 1.82) is 4.78 Å². The molecule has 0 aliphatic carbocycles. The fourth-order valence-electron chi connectivity index (χ4n) is 3.04. The van der Waals surface area contributed by atoms with Crippen LogP contribution >= 0.6 is 0 Å². The Morgan fingerprint density at radius 2 is 1.73 bits per heavy atom. The summed E-state index contributed by atoms with van der Waals surface area (Å²) in [6.45, 7) is 4.63. The molecule has 0 saturated carbocycles. The van der Waals surface area contributed by atoms with Crippen LogP contribution in [0.25, 0.3) is 0 Å². The predicted octanol–water partition coefficient (Wildman–Crippen LogP) is 1.83. The molecule has 1 saturated heterocycles. The van der Waals surface area contributed by atoms with E-state index in [1.54, 1.807) is 13.8 Å². The van der Waals surface area contributed by atoms with E-state index in [9.17, 15) is 17.4 Å². The monoisotopic (exact) mass is 403 g/mol. The number of hydrogen-bond donors (Lipinski definition) is 2. The number of carbonyl (C=O) groups is 1. The Hall–Kier alpha value is -1.49. The molecule has 1 aromatic rings. The van der Waals surface area contributed by atoms with Crippen LogP contribution in [-0.4, -0.2) is 58.5 Å². The number of hydrogen-bond acceptors (Lipinski definition) is 5. The minimum Gasteiger partial charge on any atom is -0.481 e. The molecule has 146 valence electrons. The number of carboxylic acid groups (broad SMARTS) is 1. The van der Waals surface area contributed by atoms with Gasteiger partial charge in [0.1, 0.15) is 9.92 Å². The van der Waals surface area contributed by atoms with Crippen molar-refractivity contribution in [2.75, 3.05) is 26.2 Å². The van der Waals surface area contributed by atoms with Gasteiger partial charge in [-0.05, 0) is 37.1 Å². The van der Waals surface area contributed by atoms with Gasteiger partial charge in [0.15, 0.2) is 0 Å². The fourth-order valence-corrected chi connectivity index (χ4v) is 6.07. The van der Waals surface area contributed by atoms with Crippen LogP contribution in [0.4, 0.5) is 0 Å². The topological polar surface area (TPSA) is 119 Å². The highest BCUT2D eigenvalue weighted by Gasteiger charge is 2.31. The summed E-state index contributed by atoms with van der Waals surface area (Å²) in [7, 11) is -6.98. The van der Waals surface area contributed by atoms with Gasteiger partial charge in [0.25, 0.3) is 0 Å². The van der Waals surface area contributed by atoms with Crippen molar-refractivity contribution in [3.05, 3.63) is 24.3 Å². The van der Waals surface area contributed by atoms with Crippen LogP contribution in [0.5, 0.6) is 0 Å². The van der Waals surface area contributed by atoms with Crippen LogP contribution < -0.4 is 0 Å². The summed E-state index contributed by atoms with van der Waals surface area (Å²) in [5.41, 5.74) is 0. The van der Waals surface area contributed by atoms with Gasteiger partial charge < -0.3 is 5.11 Å². The maximum atomic E-state index is 13.0. The molecule has 1 aliphatic heterocycles. The Morgan fingerprint density at radius 1 is 1.19 bits per heavy atom. The van der Waals surface area contributed by atoms with E-state index in [4.69, 9.17) is 9.89 Å². The zero-order chi connectivity index (χ0) is 19.5. The lowest BCUT2D eigenvalue weighted by atomic mass is 10.0. The molecular formula is C16H25N3O5S2. The zero-order valence-electron chi connectivity index (χ0n) is 14.9. The largest absolute Gasteiger partial charge is 0.481 e. The molecule has 0 radical (unpaired) electrons. The number of nitrogens with zero attached hydrogens (tertiary/aromatic N) is 2. The fraction of sp³-hybridized carbons (Fsp3) is 0.562. The molecule has 0 bridgehead atoms. The minimum absolute atomic E-state index is 0.0527. The minimum atomic E-state index is -3.62. The van der Waals surface area contributed by atoms with Crippen LogP contribution in [0.1, 0.15) is 26.7 Å². The zero-order valence-corrected chi connectivity index (χ0v) is 16.6. The van der Waals surface area contributed by atoms with Gasteiger partial charge in [-0.3, -0.25) is 4.79 Å². The highest BCUT2D eigenvalue weighted by atomic mass is 32.2. The summed E-state index contributed by atoms with van der Waals surface area (Å²) in [5.74, 6) is -1.59. The number of piperidine rings is 1. The van der Waals surface area contributed by atoms with Crippen LogP contribution in [0, 0.1) is 10.7 Å². The van der Waals surface area contributed by atoms with Crippen LogP contribution in [0.2, 0.25) is 0 Å². The first-order valence-corrected chi connectivity index (χ1v) is 11.5. The third-order valence-electron chi connectivity index (χ3n) is 4.58. The van der Waals surface area contributed by atoms with Crippen molar-refractivity contribution in [2.24, 2.45) is 5.92 Å². The molecule has 1 aromatic carbocycles. The Morgan fingerprint density at radius 3 is 2.23 bits per heavy atom. The molecule has 8 nitrogen and oxygen atoms in total. The molecule has 1 unspecified atom stereocenters. The quantitative estimate of drug-likeness (QED) is 0.720. The van der Waals surface area contributed by atoms with Crippen molar-refractivity contribution < 1.29 is 22.5 Å². The molecular weight excluding hydrogens is 378 g/mol. The Bertz CT molecular complexity index is 846. The smallest absolute Gasteiger partial charge is 0.307 e. The molecule has 1 aliphatic rings. The first-order chi connectivity index (χ1) is 12.1. The molecule has 2 atom stereocenters. The average molecular weight is 404 g/mol. The van der Waals surface area contributed by atoms with Crippen LogP contribution in [0.3, 0.4) is 0 Å². The number of nitrogens with one attached hydrogen (secondary N) is 1. The SMILES string of the molecule is CCN(CC)S(=O)(=O)c1ccc(S(=N)(=O)N2CCC[C@@H](C(=O)O)C2)cc1. The molecule has 0 amide bonds. The highest BCUT2D eigenvalue weighted by Crippen LogP contribution is 2.26. The molecule has 2 N–H and O–H groups in total. The maximum Gasteiger partial charge on any atom is 0.307 e. The Kier molecular flexibility index (Phi) is 6.43. The van der Waals surface area contributed by atoms with Crippen LogP contribution in [-0.2, 0) is 24.7 Å². The van der Waals surface area contributed by atoms with Gasteiger partial charge in [-0.1, -0.05) is 13.8 Å². The van der Waals surface area contributed by atoms with Crippen molar-refractivity contribution in [2.45, 2.75) is 36.5 Å². The summed E-state index contributed by atoms with van der Waals surface area (Å²) in [4.78, 5) is 11.5. The van der Waals surface area contributed by atoms with Crippen molar-refractivity contribution in [3.8, 4) is 0 Å². The summed E-state index contributed by atoms with van der Waals surface area (Å²) < 4.78 is 48.9. The second kappa shape index (κ2) is 8.03. The maximum absolute atomic E-state index is 13.0. The van der Waals surface area contributed by atoms with Gasteiger partial charge in [0, 0.05) is 26.2 Å². The van der Waals surface area contributed by atoms with Crippen molar-refractivity contribution in [3.63, 3.8) is 0 Å². The lowest BCUT2D eigenvalue weighted by Crippen LogP contribution is -2.41. The van der Waals surface area contributed by atoms with Gasteiger partial charge in [0.05, 0.1) is 15.7 Å². The third kappa shape index (κ3) is 4.08. The first kappa shape index (κ1) is 20.8.